The van der Waals surface area contributed by atoms with Gasteiger partial charge < -0.3 is 10.2 Å². The summed E-state index contributed by atoms with van der Waals surface area (Å²) in [5.41, 5.74) is 2.71. The highest BCUT2D eigenvalue weighted by molar-refractivity contribution is 5.46. The Bertz CT molecular complexity index is 316. The number of likely N-dealkylation sites (N-methyl/N-ethyl adjacent to an activating group) is 1. The molecule has 0 radical (unpaired) electrons. The topological polar surface area (TPSA) is 15.3 Å². The zero-order chi connectivity index (χ0) is 13.4. The van der Waals surface area contributed by atoms with Crippen LogP contribution in [0.1, 0.15) is 32.8 Å². The van der Waals surface area contributed by atoms with Crippen LogP contribution >= 0.6 is 0 Å². The van der Waals surface area contributed by atoms with E-state index in [2.05, 4.69) is 62.3 Å². The van der Waals surface area contributed by atoms with Crippen LogP contribution in [0.4, 0.5) is 5.69 Å². The molecule has 0 aliphatic carbocycles. The predicted octanol–water partition coefficient (Wildman–Crippen LogP) is 3.32. The summed E-state index contributed by atoms with van der Waals surface area (Å²) in [5, 5.41) is 3.50. The lowest BCUT2D eigenvalue weighted by atomic mass is 10.1. The molecule has 0 saturated carbocycles. The molecule has 2 heteroatoms. The molecule has 0 heterocycles. The molecule has 0 aliphatic heterocycles. The summed E-state index contributed by atoms with van der Waals surface area (Å²) < 4.78 is 0. The maximum absolute atomic E-state index is 3.50. The number of hydrogen-bond donors (Lipinski definition) is 1. The van der Waals surface area contributed by atoms with Gasteiger partial charge in [-0.05, 0) is 43.0 Å². The molecular weight excluding hydrogens is 220 g/mol. The van der Waals surface area contributed by atoms with Crippen LogP contribution in [0.5, 0.6) is 0 Å². The van der Waals surface area contributed by atoms with Crippen molar-refractivity contribution < 1.29 is 0 Å². The van der Waals surface area contributed by atoms with Crippen molar-refractivity contribution in [3.63, 3.8) is 0 Å². The summed E-state index contributed by atoms with van der Waals surface area (Å²) in [5.74, 6) is 0.789. The first-order valence-corrected chi connectivity index (χ1v) is 7.14. The van der Waals surface area contributed by atoms with E-state index in [9.17, 15) is 0 Å². The number of hydrogen-bond acceptors (Lipinski definition) is 2. The Morgan fingerprint density at radius 2 is 1.78 bits per heavy atom. The predicted molar refractivity (Wildman–Crippen MR) is 81.4 cm³/mol. The monoisotopic (exact) mass is 248 g/mol. The first kappa shape index (κ1) is 15.0. The largest absolute Gasteiger partial charge is 0.373 e. The van der Waals surface area contributed by atoms with Crippen LogP contribution in [0.25, 0.3) is 0 Å². The summed E-state index contributed by atoms with van der Waals surface area (Å²) >= 11 is 0. The molecule has 0 bridgehead atoms. The van der Waals surface area contributed by atoms with Crippen molar-refractivity contribution >= 4 is 5.69 Å². The van der Waals surface area contributed by atoms with E-state index >= 15 is 0 Å². The van der Waals surface area contributed by atoms with Crippen LogP contribution in [0.2, 0.25) is 0 Å². The lowest BCUT2D eigenvalue weighted by Crippen LogP contribution is -2.30. The molecule has 0 saturated heterocycles. The zero-order valence-corrected chi connectivity index (χ0v) is 12.4. The molecule has 0 aromatic heterocycles. The molecule has 1 aromatic rings. The van der Waals surface area contributed by atoms with Gasteiger partial charge in [0.2, 0.25) is 0 Å². The van der Waals surface area contributed by atoms with E-state index in [1.165, 1.54) is 17.7 Å². The number of nitrogens with one attached hydrogen (secondary N) is 1. The first-order valence-electron chi connectivity index (χ1n) is 7.14. The van der Waals surface area contributed by atoms with Gasteiger partial charge in [-0.1, -0.05) is 32.9 Å². The van der Waals surface area contributed by atoms with Crippen LogP contribution < -0.4 is 10.2 Å². The van der Waals surface area contributed by atoms with Gasteiger partial charge in [0, 0.05) is 25.8 Å². The summed E-state index contributed by atoms with van der Waals surface area (Å²) in [6.07, 6.45) is 2.37. The van der Waals surface area contributed by atoms with Crippen molar-refractivity contribution in [3.05, 3.63) is 29.8 Å². The molecule has 0 unspecified atom stereocenters. The van der Waals surface area contributed by atoms with Gasteiger partial charge >= 0.3 is 0 Å². The van der Waals surface area contributed by atoms with Crippen LogP contribution in [0.15, 0.2) is 24.3 Å². The number of rotatable bonds is 8. The normalized spacial score (nSPS) is 10.9. The highest BCUT2D eigenvalue weighted by Gasteiger charge is 2.00. The summed E-state index contributed by atoms with van der Waals surface area (Å²) in [6, 6.07) is 8.87. The van der Waals surface area contributed by atoms with E-state index in [1.807, 2.05) is 0 Å². The Kier molecular flexibility index (Phi) is 6.81. The van der Waals surface area contributed by atoms with E-state index in [1.54, 1.807) is 0 Å². The SMILES string of the molecule is CCc1ccc(N(C)CCNCCC(C)C)cc1. The smallest absolute Gasteiger partial charge is 0.0364 e. The van der Waals surface area contributed by atoms with E-state index < -0.39 is 0 Å². The molecule has 2 nitrogen and oxygen atoms in total. The highest BCUT2D eigenvalue weighted by atomic mass is 15.1. The molecule has 0 aliphatic rings. The maximum atomic E-state index is 3.50. The number of benzene rings is 1. The Balaban J connectivity index is 2.25. The van der Waals surface area contributed by atoms with Gasteiger partial charge in [0.25, 0.3) is 0 Å². The molecule has 0 spiro atoms. The second-order valence-corrected chi connectivity index (χ2v) is 5.37. The van der Waals surface area contributed by atoms with Crippen molar-refractivity contribution in [1.82, 2.24) is 5.32 Å². The van der Waals surface area contributed by atoms with Gasteiger partial charge in [0.05, 0.1) is 0 Å². The number of anilines is 1. The van der Waals surface area contributed by atoms with Crippen molar-refractivity contribution in [2.24, 2.45) is 5.92 Å². The van der Waals surface area contributed by atoms with Crippen molar-refractivity contribution in [3.8, 4) is 0 Å². The third kappa shape index (κ3) is 5.54. The Labute approximate surface area is 112 Å². The molecule has 1 rings (SSSR count). The van der Waals surface area contributed by atoms with Crippen LogP contribution in [0.3, 0.4) is 0 Å². The minimum atomic E-state index is 0.789. The number of aryl methyl sites for hydroxylation is 1. The molecule has 1 aromatic carbocycles. The van der Waals surface area contributed by atoms with Crippen LogP contribution in [0, 0.1) is 5.92 Å². The lowest BCUT2D eigenvalue weighted by Gasteiger charge is -2.20. The maximum Gasteiger partial charge on any atom is 0.0364 e. The highest BCUT2D eigenvalue weighted by Crippen LogP contribution is 2.13. The van der Waals surface area contributed by atoms with Crippen LogP contribution in [-0.2, 0) is 6.42 Å². The summed E-state index contributed by atoms with van der Waals surface area (Å²) in [6.45, 7) is 9.96. The molecule has 0 amide bonds. The standard InChI is InChI=1S/C16H28N2/c1-5-15-6-8-16(9-7-15)18(4)13-12-17-11-10-14(2)3/h6-9,14,17H,5,10-13H2,1-4H3. The lowest BCUT2D eigenvalue weighted by molar-refractivity contribution is 0.539. The molecule has 102 valence electrons. The molecule has 0 fully saturated rings. The third-order valence-corrected chi connectivity index (χ3v) is 3.31. The fraction of sp³-hybridized carbons (Fsp3) is 0.625. The minimum absolute atomic E-state index is 0.789. The molecule has 0 atom stereocenters. The quantitative estimate of drug-likeness (QED) is 0.710. The second-order valence-electron chi connectivity index (χ2n) is 5.37. The minimum Gasteiger partial charge on any atom is -0.373 e. The average Bonchev–Trinajstić information content (AvgIpc) is 2.38. The van der Waals surface area contributed by atoms with Gasteiger partial charge in [0.15, 0.2) is 0 Å². The van der Waals surface area contributed by atoms with E-state index in [0.717, 1.165) is 32.0 Å². The van der Waals surface area contributed by atoms with Crippen LogP contribution in [-0.4, -0.2) is 26.7 Å². The average molecular weight is 248 g/mol. The fourth-order valence-corrected chi connectivity index (χ4v) is 1.88. The Hall–Kier alpha value is -1.02. The Morgan fingerprint density at radius 3 is 2.33 bits per heavy atom. The van der Waals surface area contributed by atoms with Gasteiger partial charge in [-0.2, -0.15) is 0 Å². The van der Waals surface area contributed by atoms with E-state index in [4.69, 9.17) is 0 Å². The van der Waals surface area contributed by atoms with Gasteiger partial charge in [-0.25, -0.2) is 0 Å². The van der Waals surface area contributed by atoms with Gasteiger partial charge in [0.1, 0.15) is 0 Å². The molecule has 18 heavy (non-hydrogen) atoms. The third-order valence-electron chi connectivity index (χ3n) is 3.31. The summed E-state index contributed by atoms with van der Waals surface area (Å²) in [4.78, 5) is 2.31. The van der Waals surface area contributed by atoms with Gasteiger partial charge in [-0.3, -0.25) is 0 Å². The first-order chi connectivity index (χ1) is 8.63. The van der Waals surface area contributed by atoms with E-state index in [-0.39, 0.29) is 0 Å². The van der Waals surface area contributed by atoms with Crippen molar-refractivity contribution in [2.45, 2.75) is 33.6 Å². The van der Waals surface area contributed by atoms with Crippen molar-refractivity contribution in [2.75, 3.05) is 31.6 Å². The summed E-state index contributed by atoms with van der Waals surface area (Å²) in [7, 11) is 2.16. The Morgan fingerprint density at radius 1 is 1.11 bits per heavy atom. The van der Waals surface area contributed by atoms with Crippen molar-refractivity contribution in [1.29, 1.82) is 0 Å². The molecular formula is C16H28N2. The zero-order valence-electron chi connectivity index (χ0n) is 12.4. The fourth-order valence-electron chi connectivity index (χ4n) is 1.88. The number of nitrogens with zero attached hydrogens (tertiary/aromatic N) is 1. The van der Waals surface area contributed by atoms with Gasteiger partial charge in [-0.15, -0.1) is 0 Å². The second kappa shape index (κ2) is 8.15. The van der Waals surface area contributed by atoms with E-state index in [0.29, 0.717) is 0 Å². The molecule has 1 N–H and O–H groups in total.